The Morgan fingerprint density at radius 1 is 1.25 bits per heavy atom. The molecule has 1 N–H and O–H groups in total. The van der Waals surface area contributed by atoms with E-state index in [2.05, 4.69) is 15.5 Å². The lowest BCUT2D eigenvalue weighted by Crippen LogP contribution is -2.55. The number of carbonyl (C=O) groups excluding carboxylic acids is 1. The zero-order chi connectivity index (χ0) is 14.8. The van der Waals surface area contributed by atoms with Crippen LogP contribution in [0.1, 0.15) is 33.6 Å². The van der Waals surface area contributed by atoms with E-state index in [4.69, 9.17) is 4.42 Å². The molecule has 0 bridgehead atoms. The number of hydrogen-bond acceptors (Lipinski definition) is 5. The summed E-state index contributed by atoms with van der Waals surface area (Å²) in [6.45, 7) is 10.7. The molecule has 0 aliphatic carbocycles. The predicted octanol–water partition coefficient (Wildman–Crippen LogP) is 1.26. The Morgan fingerprint density at radius 2 is 1.90 bits per heavy atom. The highest BCUT2D eigenvalue weighted by molar-refractivity contribution is 5.75. The fraction of sp³-hybridized carbons (Fsp3) is 0.769. The molecule has 2 heterocycles. The number of rotatable bonds is 2. The Balaban J connectivity index is 1.87. The third kappa shape index (κ3) is 3.61. The largest absolute Gasteiger partial charge is 0.408 e. The van der Waals surface area contributed by atoms with E-state index >= 15 is 0 Å². The number of amides is 2. The van der Waals surface area contributed by atoms with Gasteiger partial charge in [0.25, 0.3) is 0 Å². The van der Waals surface area contributed by atoms with Crippen molar-refractivity contribution in [2.24, 2.45) is 0 Å². The number of aryl methyl sites for hydroxylation is 1. The van der Waals surface area contributed by atoms with Crippen LogP contribution in [0.3, 0.4) is 0 Å². The van der Waals surface area contributed by atoms with Gasteiger partial charge in [-0.1, -0.05) is 12.0 Å². The number of aromatic nitrogens is 2. The summed E-state index contributed by atoms with van der Waals surface area (Å²) in [5, 5.41) is 11.0. The third-order valence-corrected chi connectivity index (χ3v) is 3.08. The third-order valence-electron chi connectivity index (χ3n) is 3.08. The first kappa shape index (κ1) is 14.6. The van der Waals surface area contributed by atoms with Crippen molar-refractivity contribution in [3.05, 3.63) is 5.89 Å². The molecule has 112 valence electrons. The first-order chi connectivity index (χ1) is 9.39. The highest BCUT2D eigenvalue weighted by Gasteiger charge is 2.26. The Bertz CT molecular complexity index is 458. The normalized spacial score (nSPS) is 16.4. The van der Waals surface area contributed by atoms with Crippen molar-refractivity contribution in [3.8, 4) is 0 Å². The number of nitrogens with one attached hydrogen (secondary N) is 1. The van der Waals surface area contributed by atoms with Gasteiger partial charge in [0.2, 0.25) is 5.89 Å². The molecule has 1 aromatic heterocycles. The second kappa shape index (κ2) is 5.68. The van der Waals surface area contributed by atoms with Crippen LogP contribution in [0.15, 0.2) is 4.42 Å². The lowest BCUT2D eigenvalue weighted by atomic mass is 10.1. The molecule has 0 radical (unpaired) electrons. The smallest absolute Gasteiger partial charge is 0.318 e. The summed E-state index contributed by atoms with van der Waals surface area (Å²) in [6.07, 6.45) is 0.737. The second-order valence-electron chi connectivity index (χ2n) is 5.99. The summed E-state index contributed by atoms with van der Waals surface area (Å²) >= 11 is 0. The molecular weight excluding hydrogens is 258 g/mol. The molecule has 0 spiro atoms. The molecule has 2 rings (SSSR count). The molecule has 2 amide bonds. The monoisotopic (exact) mass is 281 g/mol. The highest BCUT2D eigenvalue weighted by Crippen LogP contribution is 2.15. The van der Waals surface area contributed by atoms with E-state index in [0.29, 0.717) is 38.1 Å². The Hall–Kier alpha value is -1.79. The van der Waals surface area contributed by atoms with Gasteiger partial charge in [0, 0.05) is 38.1 Å². The molecule has 1 fully saturated rings. The van der Waals surface area contributed by atoms with Crippen LogP contribution in [0.25, 0.3) is 0 Å². The summed E-state index contributed by atoms with van der Waals surface area (Å²) < 4.78 is 5.53. The van der Waals surface area contributed by atoms with Gasteiger partial charge >= 0.3 is 12.0 Å². The van der Waals surface area contributed by atoms with Crippen LogP contribution in [0.5, 0.6) is 0 Å². The van der Waals surface area contributed by atoms with Gasteiger partial charge < -0.3 is 19.5 Å². The zero-order valence-electron chi connectivity index (χ0n) is 12.6. The van der Waals surface area contributed by atoms with E-state index in [1.807, 2.05) is 37.5 Å². The summed E-state index contributed by atoms with van der Waals surface area (Å²) in [5.41, 5.74) is -0.212. The van der Waals surface area contributed by atoms with E-state index in [9.17, 15) is 4.79 Å². The average molecular weight is 281 g/mol. The van der Waals surface area contributed by atoms with E-state index in [0.717, 1.165) is 6.42 Å². The molecule has 1 aromatic rings. The molecule has 0 saturated carbocycles. The molecule has 0 aromatic carbocycles. The number of carbonyl (C=O) groups is 1. The van der Waals surface area contributed by atoms with Gasteiger partial charge in [-0.3, -0.25) is 0 Å². The average Bonchev–Trinajstić information content (AvgIpc) is 2.85. The lowest BCUT2D eigenvalue weighted by molar-refractivity contribution is 0.184. The molecule has 1 aliphatic heterocycles. The maximum atomic E-state index is 12.1. The van der Waals surface area contributed by atoms with Crippen LogP contribution in [-0.2, 0) is 6.42 Å². The van der Waals surface area contributed by atoms with Crippen LogP contribution < -0.4 is 10.2 Å². The van der Waals surface area contributed by atoms with Crippen LogP contribution >= 0.6 is 0 Å². The Kier molecular flexibility index (Phi) is 4.15. The van der Waals surface area contributed by atoms with E-state index in [-0.39, 0.29) is 11.6 Å². The Labute approximate surface area is 119 Å². The minimum Gasteiger partial charge on any atom is -0.408 e. The standard InChI is InChI=1S/C13H23N5O2/c1-5-10-15-16-12(20-10)18-8-6-17(7-9-18)11(19)14-13(2,3)4/h5-9H2,1-4H3,(H,14,19). The van der Waals surface area contributed by atoms with Gasteiger partial charge in [0.05, 0.1) is 0 Å². The fourth-order valence-electron chi connectivity index (χ4n) is 2.02. The van der Waals surface area contributed by atoms with Gasteiger partial charge in [-0.2, -0.15) is 0 Å². The SMILES string of the molecule is CCc1nnc(N2CCN(C(=O)NC(C)(C)C)CC2)o1. The van der Waals surface area contributed by atoms with Crippen molar-refractivity contribution in [1.82, 2.24) is 20.4 Å². The summed E-state index contributed by atoms with van der Waals surface area (Å²) in [5.74, 6) is 0.646. The molecule has 7 heteroatoms. The zero-order valence-corrected chi connectivity index (χ0v) is 12.6. The van der Waals surface area contributed by atoms with Gasteiger partial charge in [-0.25, -0.2) is 4.79 Å². The maximum absolute atomic E-state index is 12.1. The van der Waals surface area contributed by atoms with E-state index in [1.54, 1.807) is 0 Å². The molecule has 0 atom stereocenters. The van der Waals surface area contributed by atoms with Gasteiger partial charge in [0.15, 0.2) is 0 Å². The first-order valence-corrected chi connectivity index (χ1v) is 7.03. The lowest BCUT2D eigenvalue weighted by Gasteiger charge is -2.35. The molecular formula is C13H23N5O2. The summed E-state index contributed by atoms with van der Waals surface area (Å²) in [4.78, 5) is 15.9. The number of anilines is 1. The second-order valence-corrected chi connectivity index (χ2v) is 5.99. The number of nitrogens with zero attached hydrogens (tertiary/aromatic N) is 4. The van der Waals surface area contributed by atoms with Crippen LogP contribution in [0.2, 0.25) is 0 Å². The molecule has 7 nitrogen and oxygen atoms in total. The van der Waals surface area contributed by atoms with Crippen LogP contribution in [0.4, 0.5) is 10.8 Å². The predicted molar refractivity (Wildman–Crippen MR) is 75.7 cm³/mol. The van der Waals surface area contributed by atoms with Crippen LogP contribution in [-0.4, -0.2) is 52.8 Å². The van der Waals surface area contributed by atoms with E-state index < -0.39 is 0 Å². The molecule has 1 saturated heterocycles. The topological polar surface area (TPSA) is 74.5 Å². The first-order valence-electron chi connectivity index (χ1n) is 7.03. The van der Waals surface area contributed by atoms with Crippen molar-refractivity contribution < 1.29 is 9.21 Å². The van der Waals surface area contributed by atoms with Gasteiger partial charge in [0.1, 0.15) is 0 Å². The molecule has 20 heavy (non-hydrogen) atoms. The highest BCUT2D eigenvalue weighted by atomic mass is 16.4. The van der Waals surface area contributed by atoms with Crippen molar-refractivity contribution in [3.63, 3.8) is 0 Å². The fourth-order valence-corrected chi connectivity index (χ4v) is 2.02. The summed E-state index contributed by atoms with van der Waals surface area (Å²) in [6, 6.07) is 0.537. The number of piperazine rings is 1. The quantitative estimate of drug-likeness (QED) is 0.883. The van der Waals surface area contributed by atoms with Crippen molar-refractivity contribution >= 4 is 12.0 Å². The van der Waals surface area contributed by atoms with E-state index in [1.165, 1.54) is 0 Å². The van der Waals surface area contributed by atoms with Gasteiger partial charge in [-0.15, -0.1) is 5.10 Å². The molecule has 0 unspecified atom stereocenters. The van der Waals surface area contributed by atoms with Gasteiger partial charge in [-0.05, 0) is 20.8 Å². The summed E-state index contributed by atoms with van der Waals surface area (Å²) in [7, 11) is 0. The number of hydrogen-bond donors (Lipinski definition) is 1. The molecule has 1 aliphatic rings. The minimum atomic E-state index is -0.212. The number of urea groups is 1. The van der Waals surface area contributed by atoms with Crippen molar-refractivity contribution in [2.45, 2.75) is 39.7 Å². The maximum Gasteiger partial charge on any atom is 0.318 e. The minimum absolute atomic E-state index is 0.0167. The Morgan fingerprint density at radius 3 is 2.40 bits per heavy atom. The van der Waals surface area contributed by atoms with Crippen LogP contribution in [0, 0.1) is 0 Å². The van der Waals surface area contributed by atoms with Crippen molar-refractivity contribution in [1.29, 1.82) is 0 Å². The van der Waals surface area contributed by atoms with Crippen molar-refractivity contribution in [2.75, 3.05) is 31.1 Å².